The first kappa shape index (κ1) is 13.7. The summed E-state index contributed by atoms with van der Waals surface area (Å²) in [5.74, 6) is 2.31. The molecule has 1 saturated heterocycles. The van der Waals surface area contributed by atoms with E-state index in [4.69, 9.17) is 0 Å². The summed E-state index contributed by atoms with van der Waals surface area (Å²) in [5, 5.41) is 4.76. The minimum Gasteiger partial charge on any atom is -0.310 e. The molecule has 2 rings (SSSR count). The first-order chi connectivity index (χ1) is 8.27. The van der Waals surface area contributed by atoms with Crippen LogP contribution in [0.1, 0.15) is 65.2 Å². The molecular formula is C15H29NS. The summed E-state index contributed by atoms with van der Waals surface area (Å²) >= 11 is 2.16. The molecule has 3 atom stereocenters. The first-order valence-electron chi connectivity index (χ1n) is 7.65. The first-order valence-corrected chi connectivity index (χ1v) is 8.70. The predicted octanol–water partition coefficient (Wildman–Crippen LogP) is 4.22. The highest BCUT2D eigenvalue weighted by Crippen LogP contribution is 2.29. The van der Waals surface area contributed by atoms with Crippen LogP contribution >= 0.6 is 11.8 Å². The smallest absolute Gasteiger partial charge is 0.0186 e. The molecule has 0 bridgehead atoms. The van der Waals surface area contributed by atoms with Gasteiger partial charge in [0.25, 0.3) is 0 Å². The summed E-state index contributed by atoms with van der Waals surface area (Å²) in [4.78, 5) is 0. The molecule has 1 aliphatic carbocycles. The van der Waals surface area contributed by atoms with Crippen LogP contribution in [-0.4, -0.2) is 23.1 Å². The zero-order valence-corrected chi connectivity index (χ0v) is 12.4. The van der Waals surface area contributed by atoms with Gasteiger partial charge in [0.2, 0.25) is 0 Å². The SMILES string of the molecule is CC1SCCCC1N[C@@H](C)C1CCCCCC1. The average Bonchev–Trinajstić information content (AvgIpc) is 2.61. The fraction of sp³-hybridized carbons (Fsp3) is 1.00. The van der Waals surface area contributed by atoms with E-state index in [2.05, 4.69) is 30.9 Å². The van der Waals surface area contributed by atoms with Crippen LogP contribution in [0.25, 0.3) is 0 Å². The highest BCUT2D eigenvalue weighted by Gasteiger charge is 2.26. The Kier molecular flexibility index (Phi) is 5.68. The molecule has 1 saturated carbocycles. The van der Waals surface area contributed by atoms with Crippen molar-refractivity contribution in [1.82, 2.24) is 5.32 Å². The van der Waals surface area contributed by atoms with Crippen molar-refractivity contribution in [3.8, 4) is 0 Å². The third-order valence-electron chi connectivity index (χ3n) is 4.69. The van der Waals surface area contributed by atoms with Gasteiger partial charge < -0.3 is 5.32 Å². The molecule has 1 N–H and O–H groups in total. The van der Waals surface area contributed by atoms with Gasteiger partial charge in [0.1, 0.15) is 0 Å². The summed E-state index contributed by atoms with van der Waals surface area (Å²) in [6, 6.07) is 1.51. The number of hydrogen-bond acceptors (Lipinski definition) is 2. The van der Waals surface area contributed by atoms with Gasteiger partial charge in [-0.15, -0.1) is 0 Å². The largest absolute Gasteiger partial charge is 0.310 e. The van der Waals surface area contributed by atoms with Crippen LogP contribution in [0.4, 0.5) is 0 Å². The van der Waals surface area contributed by atoms with E-state index in [9.17, 15) is 0 Å². The van der Waals surface area contributed by atoms with Crippen LogP contribution in [0.15, 0.2) is 0 Å². The summed E-state index contributed by atoms with van der Waals surface area (Å²) in [6.07, 6.45) is 11.6. The molecule has 1 aliphatic heterocycles. The zero-order valence-electron chi connectivity index (χ0n) is 11.6. The quantitative estimate of drug-likeness (QED) is 0.758. The van der Waals surface area contributed by atoms with E-state index < -0.39 is 0 Å². The monoisotopic (exact) mass is 255 g/mol. The number of thioether (sulfide) groups is 1. The van der Waals surface area contributed by atoms with Crippen molar-refractivity contribution in [3.63, 3.8) is 0 Å². The molecule has 2 unspecified atom stereocenters. The van der Waals surface area contributed by atoms with E-state index in [0.29, 0.717) is 0 Å². The molecule has 0 aromatic carbocycles. The normalized spacial score (nSPS) is 34.2. The van der Waals surface area contributed by atoms with Gasteiger partial charge in [-0.25, -0.2) is 0 Å². The molecule has 0 aromatic rings. The second kappa shape index (κ2) is 7.04. The van der Waals surface area contributed by atoms with E-state index in [1.807, 2.05) is 0 Å². The lowest BCUT2D eigenvalue weighted by Gasteiger charge is -2.34. The number of rotatable bonds is 3. The maximum absolute atomic E-state index is 3.95. The van der Waals surface area contributed by atoms with E-state index >= 15 is 0 Å². The van der Waals surface area contributed by atoms with E-state index in [1.165, 1.54) is 57.1 Å². The van der Waals surface area contributed by atoms with Crippen molar-refractivity contribution in [2.75, 3.05) is 5.75 Å². The van der Waals surface area contributed by atoms with Crippen molar-refractivity contribution in [2.24, 2.45) is 5.92 Å². The Labute approximate surface area is 112 Å². The molecule has 100 valence electrons. The average molecular weight is 255 g/mol. The molecule has 2 aliphatic rings. The van der Waals surface area contributed by atoms with Crippen LogP contribution in [0.5, 0.6) is 0 Å². The fourth-order valence-corrected chi connectivity index (χ4v) is 4.58. The molecule has 1 nitrogen and oxygen atoms in total. The van der Waals surface area contributed by atoms with Gasteiger partial charge >= 0.3 is 0 Å². The highest BCUT2D eigenvalue weighted by molar-refractivity contribution is 7.99. The van der Waals surface area contributed by atoms with Gasteiger partial charge in [0.05, 0.1) is 0 Å². The van der Waals surface area contributed by atoms with Crippen molar-refractivity contribution in [1.29, 1.82) is 0 Å². The van der Waals surface area contributed by atoms with Gasteiger partial charge in [0.15, 0.2) is 0 Å². The predicted molar refractivity (Wildman–Crippen MR) is 78.7 cm³/mol. The Morgan fingerprint density at radius 2 is 1.71 bits per heavy atom. The minimum atomic E-state index is 0.735. The number of nitrogens with one attached hydrogen (secondary N) is 1. The van der Waals surface area contributed by atoms with Crippen LogP contribution in [0.3, 0.4) is 0 Å². The molecule has 2 fully saturated rings. The second-order valence-electron chi connectivity index (χ2n) is 6.03. The van der Waals surface area contributed by atoms with Crippen LogP contribution in [-0.2, 0) is 0 Å². The minimum absolute atomic E-state index is 0.735. The standard InChI is InChI=1S/C15H29NS/c1-12(14-8-5-3-4-6-9-14)16-15-10-7-11-17-13(15)2/h12-16H,3-11H2,1-2H3/t12-,13?,15?/m0/s1. The third-order valence-corrected chi connectivity index (χ3v) is 6.07. The molecule has 1 heterocycles. The summed E-state index contributed by atoms with van der Waals surface area (Å²) < 4.78 is 0. The summed E-state index contributed by atoms with van der Waals surface area (Å²) in [7, 11) is 0. The Bertz CT molecular complexity index is 211. The van der Waals surface area contributed by atoms with Gasteiger partial charge in [-0.05, 0) is 44.3 Å². The second-order valence-corrected chi connectivity index (χ2v) is 7.52. The van der Waals surface area contributed by atoms with E-state index in [0.717, 1.165) is 23.3 Å². The lowest BCUT2D eigenvalue weighted by Crippen LogP contribution is -2.46. The van der Waals surface area contributed by atoms with E-state index in [1.54, 1.807) is 0 Å². The molecule has 2 heteroatoms. The van der Waals surface area contributed by atoms with Crippen molar-refractivity contribution in [2.45, 2.75) is 82.5 Å². The van der Waals surface area contributed by atoms with Gasteiger partial charge in [-0.1, -0.05) is 32.6 Å². The van der Waals surface area contributed by atoms with Crippen LogP contribution in [0, 0.1) is 5.92 Å². The molecule has 17 heavy (non-hydrogen) atoms. The Morgan fingerprint density at radius 3 is 2.35 bits per heavy atom. The van der Waals surface area contributed by atoms with Crippen molar-refractivity contribution < 1.29 is 0 Å². The molecule has 0 amide bonds. The zero-order chi connectivity index (χ0) is 12.1. The van der Waals surface area contributed by atoms with Gasteiger partial charge in [-0.3, -0.25) is 0 Å². The molecular weight excluding hydrogens is 226 g/mol. The Morgan fingerprint density at radius 1 is 1.00 bits per heavy atom. The van der Waals surface area contributed by atoms with Crippen LogP contribution < -0.4 is 5.32 Å². The van der Waals surface area contributed by atoms with Crippen molar-refractivity contribution >= 4 is 11.8 Å². The van der Waals surface area contributed by atoms with Gasteiger partial charge in [-0.2, -0.15) is 11.8 Å². The third kappa shape index (κ3) is 4.17. The lowest BCUT2D eigenvalue weighted by molar-refractivity contribution is 0.298. The lowest BCUT2D eigenvalue weighted by atomic mass is 9.92. The molecule has 0 spiro atoms. The maximum atomic E-state index is 3.95. The highest BCUT2D eigenvalue weighted by atomic mass is 32.2. The Hall–Kier alpha value is 0.310. The Balaban J connectivity index is 1.79. The topological polar surface area (TPSA) is 12.0 Å². The van der Waals surface area contributed by atoms with Crippen molar-refractivity contribution in [3.05, 3.63) is 0 Å². The fourth-order valence-electron chi connectivity index (χ4n) is 3.43. The maximum Gasteiger partial charge on any atom is 0.0186 e. The van der Waals surface area contributed by atoms with Crippen LogP contribution in [0.2, 0.25) is 0 Å². The summed E-state index contributed by atoms with van der Waals surface area (Å²) in [5.41, 5.74) is 0. The number of hydrogen-bond donors (Lipinski definition) is 1. The van der Waals surface area contributed by atoms with Gasteiger partial charge in [0, 0.05) is 17.3 Å². The molecule has 0 aromatic heterocycles. The molecule has 0 radical (unpaired) electrons. The van der Waals surface area contributed by atoms with E-state index in [-0.39, 0.29) is 0 Å². The summed E-state index contributed by atoms with van der Waals surface area (Å²) in [6.45, 7) is 4.84.